The third-order valence-electron chi connectivity index (χ3n) is 3.65. The number of hydrogen-bond acceptors (Lipinski definition) is 1. The average Bonchev–Trinajstić information content (AvgIpc) is 2.32. The molecule has 0 bridgehead atoms. The fraction of sp³-hybridized carbons (Fsp3) is 0.647. The Kier molecular flexibility index (Phi) is 7.04. The van der Waals surface area contributed by atoms with Crippen molar-refractivity contribution < 1.29 is 0 Å². The summed E-state index contributed by atoms with van der Waals surface area (Å²) in [5, 5.41) is 3.35. The lowest BCUT2D eigenvalue weighted by Crippen LogP contribution is -2.22. The molecule has 0 fully saturated rings. The van der Waals surface area contributed by atoms with E-state index in [1.54, 1.807) is 0 Å². The molecule has 0 amide bonds. The predicted molar refractivity (Wildman–Crippen MR) is 81.0 cm³/mol. The van der Waals surface area contributed by atoms with E-state index in [1.165, 1.54) is 36.8 Å². The van der Waals surface area contributed by atoms with Crippen molar-refractivity contribution in [1.82, 2.24) is 5.32 Å². The van der Waals surface area contributed by atoms with Crippen LogP contribution in [0.25, 0.3) is 0 Å². The summed E-state index contributed by atoms with van der Waals surface area (Å²) >= 11 is 0. The Balaban J connectivity index is 2.53. The quantitative estimate of drug-likeness (QED) is 0.726. The molecule has 0 radical (unpaired) electrons. The van der Waals surface area contributed by atoms with Crippen molar-refractivity contribution in [1.29, 1.82) is 0 Å². The van der Waals surface area contributed by atoms with Gasteiger partial charge in [-0.1, -0.05) is 56.5 Å². The summed E-state index contributed by atoms with van der Waals surface area (Å²) in [5.74, 6) is 1.61. The van der Waals surface area contributed by atoms with Crippen molar-refractivity contribution in [2.24, 2.45) is 11.8 Å². The molecule has 0 heterocycles. The SMILES string of the molecule is CCCC(C)CC(CNC)Cc1ccc(C)cc1. The summed E-state index contributed by atoms with van der Waals surface area (Å²) in [4.78, 5) is 0. The van der Waals surface area contributed by atoms with Crippen LogP contribution in [0.4, 0.5) is 0 Å². The van der Waals surface area contributed by atoms with E-state index in [1.807, 2.05) is 0 Å². The zero-order chi connectivity index (χ0) is 13.4. The molecule has 102 valence electrons. The first-order valence-electron chi connectivity index (χ1n) is 7.35. The molecule has 0 saturated heterocycles. The van der Waals surface area contributed by atoms with E-state index in [4.69, 9.17) is 0 Å². The third-order valence-corrected chi connectivity index (χ3v) is 3.65. The maximum absolute atomic E-state index is 3.35. The Hall–Kier alpha value is -0.820. The molecule has 2 unspecified atom stereocenters. The average molecular weight is 247 g/mol. The minimum absolute atomic E-state index is 0.763. The number of aryl methyl sites for hydroxylation is 1. The first-order valence-corrected chi connectivity index (χ1v) is 7.35. The van der Waals surface area contributed by atoms with Gasteiger partial charge in [-0.05, 0) is 50.8 Å². The van der Waals surface area contributed by atoms with Gasteiger partial charge in [0, 0.05) is 0 Å². The Morgan fingerprint density at radius 3 is 2.39 bits per heavy atom. The van der Waals surface area contributed by atoms with Crippen LogP contribution in [0.15, 0.2) is 24.3 Å². The first kappa shape index (κ1) is 15.2. The van der Waals surface area contributed by atoms with Gasteiger partial charge < -0.3 is 5.32 Å². The molecule has 18 heavy (non-hydrogen) atoms. The van der Waals surface area contributed by atoms with Crippen LogP contribution in [0, 0.1) is 18.8 Å². The molecular formula is C17H29N. The smallest absolute Gasteiger partial charge is 0.00202 e. The van der Waals surface area contributed by atoms with Gasteiger partial charge in [0.05, 0.1) is 0 Å². The summed E-state index contributed by atoms with van der Waals surface area (Å²) in [6, 6.07) is 9.01. The van der Waals surface area contributed by atoms with E-state index in [2.05, 4.69) is 57.4 Å². The Morgan fingerprint density at radius 1 is 1.17 bits per heavy atom. The second kappa shape index (κ2) is 8.31. The lowest BCUT2D eigenvalue weighted by Gasteiger charge is -2.21. The van der Waals surface area contributed by atoms with Crippen LogP contribution < -0.4 is 5.32 Å². The van der Waals surface area contributed by atoms with Crippen molar-refractivity contribution in [3.8, 4) is 0 Å². The summed E-state index contributed by atoms with van der Waals surface area (Å²) in [5.41, 5.74) is 2.83. The molecule has 0 aliphatic heterocycles. The molecule has 2 atom stereocenters. The molecule has 0 aliphatic rings. The topological polar surface area (TPSA) is 12.0 Å². The summed E-state index contributed by atoms with van der Waals surface area (Å²) < 4.78 is 0. The van der Waals surface area contributed by atoms with Gasteiger partial charge in [-0.15, -0.1) is 0 Å². The predicted octanol–water partition coefficient (Wildman–Crippen LogP) is 4.20. The maximum Gasteiger partial charge on any atom is -0.00202 e. The maximum atomic E-state index is 3.35. The van der Waals surface area contributed by atoms with Crippen LogP contribution in [0.1, 0.15) is 44.2 Å². The van der Waals surface area contributed by atoms with E-state index in [0.717, 1.165) is 18.4 Å². The summed E-state index contributed by atoms with van der Waals surface area (Å²) in [7, 11) is 2.06. The number of rotatable bonds is 8. The van der Waals surface area contributed by atoms with Crippen molar-refractivity contribution in [3.63, 3.8) is 0 Å². The molecule has 0 saturated carbocycles. The highest BCUT2D eigenvalue weighted by Gasteiger charge is 2.13. The van der Waals surface area contributed by atoms with Gasteiger partial charge >= 0.3 is 0 Å². The molecule has 1 N–H and O–H groups in total. The number of nitrogens with one attached hydrogen (secondary N) is 1. The molecule has 0 spiro atoms. The highest BCUT2D eigenvalue weighted by atomic mass is 14.8. The molecule has 1 rings (SSSR count). The van der Waals surface area contributed by atoms with Crippen LogP contribution in [-0.4, -0.2) is 13.6 Å². The van der Waals surface area contributed by atoms with Gasteiger partial charge in [0.15, 0.2) is 0 Å². The highest BCUT2D eigenvalue weighted by molar-refractivity contribution is 5.21. The molecule has 0 aromatic heterocycles. The van der Waals surface area contributed by atoms with Crippen LogP contribution in [0.5, 0.6) is 0 Å². The van der Waals surface area contributed by atoms with Crippen LogP contribution in [0.2, 0.25) is 0 Å². The molecule has 0 aliphatic carbocycles. The lowest BCUT2D eigenvalue weighted by molar-refractivity contribution is 0.361. The van der Waals surface area contributed by atoms with Crippen molar-refractivity contribution in [2.45, 2.75) is 46.5 Å². The Morgan fingerprint density at radius 2 is 1.83 bits per heavy atom. The number of benzene rings is 1. The second-order valence-electron chi connectivity index (χ2n) is 5.74. The van der Waals surface area contributed by atoms with E-state index in [9.17, 15) is 0 Å². The van der Waals surface area contributed by atoms with Gasteiger partial charge in [-0.2, -0.15) is 0 Å². The minimum Gasteiger partial charge on any atom is -0.319 e. The van der Waals surface area contributed by atoms with E-state index in [0.29, 0.717) is 0 Å². The Labute approximate surface area is 113 Å². The monoisotopic (exact) mass is 247 g/mol. The van der Waals surface area contributed by atoms with Crippen molar-refractivity contribution in [2.75, 3.05) is 13.6 Å². The zero-order valence-corrected chi connectivity index (χ0v) is 12.5. The molecule has 1 heteroatoms. The van der Waals surface area contributed by atoms with Crippen LogP contribution >= 0.6 is 0 Å². The normalized spacial score (nSPS) is 14.4. The second-order valence-corrected chi connectivity index (χ2v) is 5.74. The largest absolute Gasteiger partial charge is 0.319 e. The van der Waals surface area contributed by atoms with Gasteiger partial charge in [-0.3, -0.25) is 0 Å². The van der Waals surface area contributed by atoms with Crippen LogP contribution in [-0.2, 0) is 6.42 Å². The molecular weight excluding hydrogens is 218 g/mol. The highest BCUT2D eigenvalue weighted by Crippen LogP contribution is 2.20. The third kappa shape index (κ3) is 5.68. The Bertz CT molecular complexity index is 315. The summed E-state index contributed by atoms with van der Waals surface area (Å²) in [6.45, 7) is 7.95. The van der Waals surface area contributed by atoms with E-state index < -0.39 is 0 Å². The van der Waals surface area contributed by atoms with E-state index in [-0.39, 0.29) is 0 Å². The molecule has 1 nitrogen and oxygen atoms in total. The zero-order valence-electron chi connectivity index (χ0n) is 12.5. The lowest BCUT2D eigenvalue weighted by atomic mass is 9.88. The first-order chi connectivity index (χ1) is 8.65. The van der Waals surface area contributed by atoms with Gasteiger partial charge in [0.2, 0.25) is 0 Å². The molecule has 1 aromatic rings. The number of hydrogen-bond donors (Lipinski definition) is 1. The van der Waals surface area contributed by atoms with Gasteiger partial charge in [0.25, 0.3) is 0 Å². The summed E-state index contributed by atoms with van der Waals surface area (Å²) in [6.07, 6.45) is 5.20. The van der Waals surface area contributed by atoms with Gasteiger partial charge in [0.1, 0.15) is 0 Å². The fourth-order valence-electron chi connectivity index (χ4n) is 2.76. The molecule has 1 aromatic carbocycles. The van der Waals surface area contributed by atoms with E-state index >= 15 is 0 Å². The van der Waals surface area contributed by atoms with Crippen LogP contribution in [0.3, 0.4) is 0 Å². The van der Waals surface area contributed by atoms with Gasteiger partial charge in [-0.25, -0.2) is 0 Å². The fourth-order valence-corrected chi connectivity index (χ4v) is 2.76. The van der Waals surface area contributed by atoms with Crippen molar-refractivity contribution in [3.05, 3.63) is 35.4 Å². The minimum atomic E-state index is 0.763. The standard InChI is InChI=1S/C17H29N/c1-5-6-15(3)11-17(13-18-4)12-16-9-7-14(2)8-10-16/h7-10,15,17-18H,5-6,11-13H2,1-4H3. The van der Waals surface area contributed by atoms with Crippen molar-refractivity contribution >= 4 is 0 Å².